The predicted molar refractivity (Wildman–Crippen MR) is 122 cm³/mol. The zero-order valence-electron chi connectivity index (χ0n) is 18.0. The van der Waals surface area contributed by atoms with Crippen molar-refractivity contribution in [1.29, 1.82) is 0 Å². The Labute approximate surface area is 164 Å². The lowest BCUT2D eigenvalue weighted by molar-refractivity contribution is 0.873. The molecule has 0 aliphatic rings. The molecule has 0 amide bonds. The molecule has 0 spiro atoms. The molecule has 142 valence electrons. The van der Waals surface area contributed by atoms with Crippen molar-refractivity contribution in [3.63, 3.8) is 0 Å². The third-order valence-electron chi connectivity index (χ3n) is 5.92. The van der Waals surface area contributed by atoms with Gasteiger partial charge in [-0.15, -0.1) is 9.24 Å². The quantitative estimate of drug-likeness (QED) is 0.464. The summed E-state index contributed by atoms with van der Waals surface area (Å²) in [5, 5.41) is 1.39. The highest BCUT2D eigenvalue weighted by atomic mass is 31.0. The summed E-state index contributed by atoms with van der Waals surface area (Å²) in [6, 6.07) is 4.99. The van der Waals surface area contributed by atoms with Crippen LogP contribution in [-0.2, 0) is 19.3 Å². The average molecular weight is 369 g/mol. The summed E-state index contributed by atoms with van der Waals surface area (Å²) in [5.74, 6) is 0. The minimum atomic E-state index is 1.17. The van der Waals surface area contributed by atoms with E-state index >= 15 is 0 Å². The van der Waals surface area contributed by atoms with Crippen LogP contribution >= 0.6 is 9.24 Å². The van der Waals surface area contributed by atoms with Crippen molar-refractivity contribution >= 4 is 14.5 Å². The van der Waals surface area contributed by atoms with Crippen molar-refractivity contribution in [2.24, 2.45) is 0 Å². The van der Waals surface area contributed by atoms with Crippen LogP contribution in [0.4, 0.5) is 0 Å². The average Bonchev–Trinajstić information content (AvgIpc) is 2.61. The van der Waals surface area contributed by atoms with E-state index in [2.05, 4.69) is 69.8 Å². The van der Waals surface area contributed by atoms with Crippen molar-refractivity contribution in [3.05, 3.63) is 51.1 Å². The summed E-state index contributed by atoms with van der Waals surface area (Å²) in [4.78, 5) is 0. The molecular formula is C25H37P. The second-order valence-corrected chi connectivity index (χ2v) is 8.41. The van der Waals surface area contributed by atoms with Crippen molar-refractivity contribution in [2.75, 3.05) is 0 Å². The fourth-order valence-corrected chi connectivity index (χ4v) is 4.77. The summed E-state index contributed by atoms with van der Waals surface area (Å²) in [7, 11) is 3.06. The topological polar surface area (TPSA) is 0 Å². The summed E-state index contributed by atoms with van der Waals surface area (Å²) in [5.41, 5.74) is 13.4. The van der Waals surface area contributed by atoms with Gasteiger partial charge in [-0.25, -0.2) is 0 Å². The first-order valence-corrected chi connectivity index (χ1v) is 11.0. The molecule has 26 heavy (non-hydrogen) atoms. The Balaban J connectivity index is 2.87. The van der Waals surface area contributed by atoms with E-state index in [4.69, 9.17) is 0 Å². The first-order chi connectivity index (χ1) is 12.4. The number of rotatable bonds is 7. The Morgan fingerprint density at radius 1 is 0.615 bits per heavy atom. The van der Waals surface area contributed by atoms with Gasteiger partial charge in [0.15, 0.2) is 0 Å². The van der Waals surface area contributed by atoms with E-state index in [1.54, 1.807) is 11.1 Å². The maximum absolute atomic E-state index is 3.06. The van der Waals surface area contributed by atoms with Crippen molar-refractivity contribution < 1.29 is 0 Å². The molecule has 0 N–H and O–H groups in total. The predicted octanol–water partition coefficient (Wildman–Crippen LogP) is 6.95. The van der Waals surface area contributed by atoms with Gasteiger partial charge in [-0.2, -0.15) is 0 Å². The Morgan fingerprint density at radius 3 is 1.54 bits per heavy atom. The van der Waals surface area contributed by atoms with Gasteiger partial charge in [-0.1, -0.05) is 52.2 Å². The number of hydrogen-bond acceptors (Lipinski definition) is 0. The van der Waals surface area contributed by atoms with Gasteiger partial charge in [0.25, 0.3) is 0 Å². The first-order valence-electron chi connectivity index (χ1n) is 10.4. The van der Waals surface area contributed by atoms with E-state index in [9.17, 15) is 0 Å². The third kappa shape index (κ3) is 4.07. The van der Waals surface area contributed by atoms with Crippen LogP contribution in [0, 0.1) is 27.7 Å². The molecule has 0 aliphatic carbocycles. The van der Waals surface area contributed by atoms with Crippen LogP contribution in [0.1, 0.15) is 79.0 Å². The van der Waals surface area contributed by atoms with Gasteiger partial charge < -0.3 is 0 Å². The molecule has 0 radical (unpaired) electrons. The van der Waals surface area contributed by atoms with Crippen LogP contribution in [0.3, 0.4) is 0 Å². The second-order valence-electron chi connectivity index (χ2n) is 7.83. The van der Waals surface area contributed by atoms with E-state index < -0.39 is 0 Å². The molecule has 0 aliphatic heterocycles. The van der Waals surface area contributed by atoms with E-state index in [0.717, 1.165) is 0 Å². The molecule has 2 aromatic carbocycles. The number of benzene rings is 2. The Morgan fingerprint density at radius 2 is 1.08 bits per heavy atom. The molecule has 1 heteroatoms. The number of hydrogen-bond donors (Lipinski definition) is 0. The highest BCUT2D eigenvalue weighted by Gasteiger charge is 2.19. The van der Waals surface area contributed by atoms with E-state index in [1.807, 2.05) is 0 Å². The molecular weight excluding hydrogens is 331 g/mol. The standard InChI is InChI=1S/C25H37P/c1-8-11-20-14-21(12-9-2)24(22(15-20)13-10-3)23-18(6)16(4)17(5)19(7)25(23)26/h14-15H,8-13,26H2,1-7H3. The minimum absolute atomic E-state index is 1.17. The number of aryl methyl sites for hydroxylation is 3. The lowest BCUT2D eigenvalue weighted by atomic mass is 9.83. The third-order valence-corrected chi connectivity index (χ3v) is 6.65. The largest absolute Gasteiger partial charge is 0.105 e. The highest BCUT2D eigenvalue weighted by Crippen LogP contribution is 2.36. The molecule has 0 nitrogen and oxygen atoms in total. The van der Waals surface area contributed by atoms with E-state index in [-0.39, 0.29) is 0 Å². The van der Waals surface area contributed by atoms with Crippen LogP contribution in [0.25, 0.3) is 11.1 Å². The Bertz CT molecular complexity index is 727. The van der Waals surface area contributed by atoms with Gasteiger partial charge in [0, 0.05) is 0 Å². The molecule has 0 fully saturated rings. The maximum atomic E-state index is 3.06. The molecule has 0 saturated heterocycles. The van der Waals surface area contributed by atoms with Gasteiger partial charge in [-0.3, -0.25) is 0 Å². The van der Waals surface area contributed by atoms with Crippen LogP contribution in [-0.4, -0.2) is 0 Å². The molecule has 0 heterocycles. The highest BCUT2D eigenvalue weighted by molar-refractivity contribution is 7.28. The zero-order valence-corrected chi connectivity index (χ0v) is 19.1. The van der Waals surface area contributed by atoms with Crippen LogP contribution < -0.4 is 5.30 Å². The van der Waals surface area contributed by atoms with Gasteiger partial charge in [0.2, 0.25) is 0 Å². The summed E-state index contributed by atoms with van der Waals surface area (Å²) in [6.45, 7) is 16.0. The first kappa shape index (κ1) is 21.2. The normalized spacial score (nSPS) is 11.2. The van der Waals surface area contributed by atoms with Crippen molar-refractivity contribution in [3.8, 4) is 11.1 Å². The Kier molecular flexibility index (Phi) is 7.48. The molecule has 1 atom stereocenters. The maximum Gasteiger partial charge on any atom is -0.00719 e. The molecule has 0 aromatic heterocycles. The lowest BCUT2D eigenvalue weighted by Gasteiger charge is -2.24. The summed E-state index contributed by atoms with van der Waals surface area (Å²) >= 11 is 0. The minimum Gasteiger partial charge on any atom is -0.105 e. The zero-order chi connectivity index (χ0) is 19.4. The molecule has 0 bridgehead atoms. The van der Waals surface area contributed by atoms with Gasteiger partial charge in [0.1, 0.15) is 0 Å². The van der Waals surface area contributed by atoms with Gasteiger partial charge >= 0.3 is 0 Å². The Hall–Kier alpha value is -1.13. The molecule has 0 saturated carbocycles. The fraction of sp³-hybridized carbons (Fsp3) is 0.520. The van der Waals surface area contributed by atoms with Crippen LogP contribution in [0.15, 0.2) is 12.1 Å². The van der Waals surface area contributed by atoms with Crippen molar-refractivity contribution in [2.45, 2.75) is 87.0 Å². The second kappa shape index (κ2) is 9.18. The van der Waals surface area contributed by atoms with Gasteiger partial charge in [0.05, 0.1) is 0 Å². The van der Waals surface area contributed by atoms with Gasteiger partial charge in [-0.05, 0) is 102 Å². The summed E-state index contributed by atoms with van der Waals surface area (Å²) in [6.07, 6.45) is 7.13. The van der Waals surface area contributed by atoms with Crippen molar-refractivity contribution in [1.82, 2.24) is 0 Å². The van der Waals surface area contributed by atoms with Crippen LogP contribution in [0.5, 0.6) is 0 Å². The fourth-order valence-electron chi connectivity index (χ4n) is 4.19. The smallest absolute Gasteiger partial charge is 0.00719 e. The van der Waals surface area contributed by atoms with Crippen LogP contribution in [0.2, 0.25) is 0 Å². The SMILES string of the molecule is CCCc1cc(CCC)c(-c2c(C)c(C)c(C)c(C)c2P)c(CCC)c1. The molecule has 2 rings (SSSR count). The monoisotopic (exact) mass is 368 g/mol. The summed E-state index contributed by atoms with van der Waals surface area (Å²) < 4.78 is 0. The van der Waals surface area contributed by atoms with E-state index in [0.29, 0.717) is 0 Å². The molecule has 2 aromatic rings. The van der Waals surface area contributed by atoms with E-state index in [1.165, 1.54) is 82.8 Å². The lowest BCUT2D eigenvalue weighted by Crippen LogP contribution is -2.12. The molecule has 1 unspecified atom stereocenters.